The highest BCUT2D eigenvalue weighted by atomic mass is 16.5. The van der Waals surface area contributed by atoms with E-state index in [9.17, 15) is 5.11 Å². The lowest BCUT2D eigenvalue weighted by atomic mass is 10.1. The molecule has 2 aromatic rings. The number of rotatable bonds is 1. The van der Waals surface area contributed by atoms with Gasteiger partial charge in [0.25, 0.3) is 0 Å². The van der Waals surface area contributed by atoms with Gasteiger partial charge in [-0.25, -0.2) is 9.98 Å². The van der Waals surface area contributed by atoms with Crippen LogP contribution >= 0.6 is 0 Å². The van der Waals surface area contributed by atoms with Gasteiger partial charge in [-0.3, -0.25) is 0 Å². The van der Waals surface area contributed by atoms with E-state index in [1.54, 1.807) is 30.5 Å². The predicted octanol–water partition coefficient (Wildman–Crippen LogP) is 2.65. The number of amidine groups is 1. The number of nitrogens with zero attached hydrogens (tertiary/aromatic N) is 3. The lowest BCUT2D eigenvalue weighted by molar-refractivity contribution is 0.115. The minimum absolute atomic E-state index is 0.0208. The molecule has 6 nitrogen and oxygen atoms in total. The maximum absolute atomic E-state index is 9.86. The molecule has 1 aromatic heterocycles. The Bertz CT molecular complexity index is 806. The summed E-state index contributed by atoms with van der Waals surface area (Å²) < 4.78 is 5.80. The van der Waals surface area contributed by atoms with E-state index in [-0.39, 0.29) is 5.75 Å². The first-order chi connectivity index (χ1) is 10.5. The highest BCUT2D eigenvalue weighted by Gasteiger charge is 2.28. The number of anilines is 1. The van der Waals surface area contributed by atoms with Gasteiger partial charge in [0.1, 0.15) is 11.6 Å². The van der Waals surface area contributed by atoms with Gasteiger partial charge in [-0.15, -0.1) is 0 Å². The van der Waals surface area contributed by atoms with Crippen molar-refractivity contribution < 1.29 is 9.84 Å². The summed E-state index contributed by atoms with van der Waals surface area (Å²) in [6.45, 7) is 3.65. The largest absolute Gasteiger partial charge is 0.504 e. The third-order valence-corrected chi connectivity index (χ3v) is 3.13. The zero-order valence-corrected chi connectivity index (χ0v) is 12.2. The van der Waals surface area contributed by atoms with Crippen molar-refractivity contribution in [2.75, 3.05) is 5.32 Å². The molecule has 1 aliphatic heterocycles. The summed E-state index contributed by atoms with van der Waals surface area (Å²) in [5.74, 6) is 1.44. The van der Waals surface area contributed by atoms with Crippen LogP contribution in [0, 0.1) is 11.3 Å². The number of nitrogens with one attached hydrogen (secondary N) is 1. The molecule has 6 heteroatoms. The number of pyridine rings is 1. The maximum atomic E-state index is 9.86. The molecule has 2 heterocycles. The number of hydrogen-bond acceptors (Lipinski definition) is 6. The van der Waals surface area contributed by atoms with Crippen molar-refractivity contribution in [3.8, 4) is 17.6 Å². The number of aliphatic imine (C=N–C) groups is 1. The number of fused-ring (bicyclic) bond motifs is 1. The molecule has 0 amide bonds. The number of aromatic hydroxyl groups is 1. The second-order valence-electron chi connectivity index (χ2n) is 5.33. The van der Waals surface area contributed by atoms with E-state index in [1.165, 1.54) is 6.07 Å². The van der Waals surface area contributed by atoms with Crippen LogP contribution in [0.1, 0.15) is 25.0 Å². The summed E-state index contributed by atoms with van der Waals surface area (Å²) in [4.78, 5) is 8.58. The van der Waals surface area contributed by atoms with Crippen molar-refractivity contribution in [2.45, 2.75) is 19.6 Å². The fraction of sp³-hybridized carbons (Fsp3) is 0.188. The fourth-order valence-electron chi connectivity index (χ4n) is 2.20. The number of hydrogen-bond donors (Lipinski definition) is 2. The second kappa shape index (κ2) is 5.04. The Kier molecular flexibility index (Phi) is 3.18. The van der Waals surface area contributed by atoms with Crippen LogP contribution in [0.15, 0.2) is 41.5 Å². The molecule has 0 atom stereocenters. The van der Waals surface area contributed by atoms with E-state index < -0.39 is 5.72 Å². The van der Waals surface area contributed by atoms with Crippen LogP contribution in [-0.4, -0.2) is 21.7 Å². The molecular formula is C16H14N4O2. The minimum Gasteiger partial charge on any atom is -0.504 e. The summed E-state index contributed by atoms with van der Waals surface area (Å²) in [5.41, 5.74) is 0.402. The number of nitriles is 1. The third kappa shape index (κ3) is 2.56. The molecule has 0 saturated heterocycles. The monoisotopic (exact) mass is 294 g/mol. The van der Waals surface area contributed by atoms with Gasteiger partial charge in [0.15, 0.2) is 17.3 Å². The molecule has 0 aliphatic carbocycles. The zero-order chi connectivity index (χ0) is 15.7. The van der Waals surface area contributed by atoms with Gasteiger partial charge in [0.2, 0.25) is 0 Å². The van der Waals surface area contributed by atoms with E-state index in [2.05, 4.69) is 21.4 Å². The molecule has 1 aliphatic rings. The van der Waals surface area contributed by atoms with E-state index >= 15 is 0 Å². The standard InChI is InChI=1S/C16H14N4O2/c1-16(2)20-14(19-15-12(21)4-3-7-18-15)11-8-10(9-17)5-6-13(11)22-16/h3-8,21H,1-2H3,(H,18,19,20). The first kappa shape index (κ1) is 13.9. The zero-order valence-electron chi connectivity index (χ0n) is 12.2. The van der Waals surface area contributed by atoms with Crippen LogP contribution in [0.25, 0.3) is 0 Å². The molecular weight excluding hydrogens is 280 g/mol. The summed E-state index contributed by atoms with van der Waals surface area (Å²) in [6.07, 6.45) is 1.57. The minimum atomic E-state index is -0.756. The molecule has 0 spiro atoms. The van der Waals surface area contributed by atoms with E-state index in [0.29, 0.717) is 28.5 Å². The maximum Gasteiger partial charge on any atom is 0.196 e. The average Bonchev–Trinajstić information content (AvgIpc) is 2.48. The van der Waals surface area contributed by atoms with Crippen LogP contribution in [0.2, 0.25) is 0 Å². The lowest BCUT2D eigenvalue weighted by Crippen LogP contribution is -2.34. The van der Waals surface area contributed by atoms with Crippen LogP contribution in [0.5, 0.6) is 11.5 Å². The molecule has 2 N–H and O–H groups in total. The van der Waals surface area contributed by atoms with Crippen LogP contribution in [-0.2, 0) is 0 Å². The summed E-state index contributed by atoms with van der Waals surface area (Å²) >= 11 is 0. The van der Waals surface area contributed by atoms with Gasteiger partial charge in [-0.2, -0.15) is 5.26 Å². The molecule has 0 unspecified atom stereocenters. The Morgan fingerprint density at radius 2 is 2.14 bits per heavy atom. The van der Waals surface area contributed by atoms with E-state index in [1.807, 2.05) is 13.8 Å². The van der Waals surface area contributed by atoms with Gasteiger partial charge < -0.3 is 15.2 Å². The first-order valence-corrected chi connectivity index (χ1v) is 6.73. The van der Waals surface area contributed by atoms with Crippen molar-refractivity contribution in [3.05, 3.63) is 47.7 Å². The van der Waals surface area contributed by atoms with Crippen molar-refractivity contribution in [2.24, 2.45) is 4.99 Å². The van der Waals surface area contributed by atoms with E-state index in [0.717, 1.165) is 0 Å². The Labute approximate surface area is 127 Å². The number of ether oxygens (including phenoxy) is 1. The second-order valence-corrected chi connectivity index (χ2v) is 5.33. The Balaban J connectivity index is 2.07. The Hall–Kier alpha value is -3.07. The first-order valence-electron chi connectivity index (χ1n) is 6.73. The molecule has 22 heavy (non-hydrogen) atoms. The SMILES string of the molecule is CC1(C)N=C(Nc2ncccc2O)c2cc(C#N)ccc2O1. The van der Waals surface area contributed by atoms with Crippen molar-refractivity contribution in [3.63, 3.8) is 0 Å². The fourth-order valence-corrected chi connectivity index (χ4v) is 2.20. The highest BCUT2D eigenvalue weighted by molar-refractivity contribution is 6.11. The molecule has 0 bridgehead atoms. The highest BCUT2D eigenvalue weighted by Crippen LogP contribution is 2.32. The van der Waals surface area contributed by atoms with Crippen molar-refractivity contribution in [1.29, 1.82) is 5.26 Å². The van der Waals surface area contributed by atoms with E-state index in [4.69, 9.17) is 10.00 Å². The summed E-state index contributed by atoms with van der Waals surface area (Å²) in [7, 11) is 0. The number of aromatic nitrogens is 1. The van der Waals surface area contributed by atoms with Crippen LogP contribution < -0.4 is 10.1 Å². The quantitative estimate of drug-likeness (QED) is 0.843. The van der Waals surface area contributed by atoms with Crippen molar-refractivity contribution >= 4 is 11.7 Å². The van der Waals surface area contributed by atoms with Crippen molar-refractivity contribution in [1.82, 2.24) is 4.98 Å². The normalized spacial score (nSPS) is 15.0. The molecule has 0 saturated carbocycles. The molecule has 1 aromatic carbocycles. The summed E-state index contributed by atoms with van der Waals surface area (Å²) in [6, 6.07) is 10.4. The summed E-state index contributed by atoms with van der Waals surface area (Å²) in [5, 5.41) is 21.9. The average molecular weight is 294 g/mol. The number of benzene rings is 1. The predicted molar refractivity (Wildman–Crippen MR) is 81.9 cm³/mol. The molecule has 3 rings (SSSR count). The van der Waals surface area contributed by atoms with Crippen LogP contribution in [0.3, 0.4) is 0 Å². The molecule has 0 radical (unpaired) electrons. The van der Waals surface area contributed by atoms with Crippen LogP contribution in [0.4, 0.5) is 5.82 Å². The molecule has 0 fully saturated rings. The lowest BCUT2D eigenvalue weighted by Gasteiger charge is -2.30. The van der Waals surface area contributed by atoms with Gasteiger partial charge >= 0.3 is 0 Å². The van der Waals surface area contributed by atoms with Gasteiger partial charge in [0.05, 0.1) is 17.2 Å². The Morgan fingerprint density at radius 1 is 1.32 bits per heavy atom. The Morgan fingerprint density at radius 3 is 2.86 bits per heavy atom. The van der Waals surface area contributed by atoms with Gasteiger partial charge in [-0.1, -0.05) is 0 Å². The smallest absolute Gasteiger partial charge is 0.196 e. The third-order valence-electron chi connectivity index (χ3n) is 3.13. The molecule has 110 valence electrons. The van der Waals surface area contributed by atoms with Gasteiger partial charge in [-0.05, 0) is 44.2 Å². The topological polar surface area (TPSA) is 90.5 Å². The van der Waals surface area contributed by atoms with Gasteiger partial charge in [0, 0.05) is 6.20 Å².